The number of benzene rings is 1. The molecule has 0 radical (unpaired) electrons. The van der Waals surface area contributed by atoms with Gasteiger partial charge in [-0.3, -0.25) is 0 Å². The van der Waals surface area contributed by atoms with Gasteiger partial charge in [0.15, 0.2) is 0 Å². The minimum atomic E-state index is 0.682. The number of anilines is 3. The zero-order valence-electron chi connectivity index (χ0n) is 10.1. The Morgan fingerprint density at radius 3 is 2.67 bits per heavy atom. The van der Waals surface area contributed by atoms with Crippen molar-refractivity contribution in [1.82, 2.24) is 4.98 Å². The molecule has 94 valence electrons. The molecule has 3 nitrogen and oxygen atoms in total. The third kappa shape index (κ3) is 2.76. The first-order valence-electron chi connectivity index (χ1n) is 5.43. The SMILES string of the molecule is Cc1cc(Br)c(Nc2ccc(N)c(C)n2)cc1Cl. The summed E-state index contributed by atoms with van der Waals surface area (Å²) in [5.41, 5.74) is 9.12. The maximum absolute atomic E-state index is 6.11. The second-order valence-corrected chi connectivity index (χ2v) is 5.34. The number of halogens is 2. The Balaban J connectivity index is 2.34. The number of rotatable bonds is 2. The molecule has 18 heavy (non-hydrogen) atoms. The van der Waals surface area contributed by atoms with Crippen LogP contribution in [0.1, 0.15) is 11.3 Å². The summed E-state index contributed by atoms with van der Waals surface area (Å²) in [7, 11) is 0. The monoisotopic (exact) mass is 325 g/mol. The van der Waals surface area contributed by atoms with Gasteiger partial charge in [0.25, 0.3) is 0 Å². The highest BCUT2D eigenvalue weighted by Gasteiger charge is 2.06. The number of hydrogen-bond acceptors (Lipinski definition) is 3. The Hall–Kier alpha value is -1.26. The first kappa shape index (κ1) is 13.2. The summed E-state index contributed by atoms with van der Waals surface area (Å²) in [5.74, 6) is 0.738. The number of nitrogen functional groups attached to an aromatic ring is 1. The Morgan fingerprint density at radius 2 is 2.00 bits per heavy atom. The topological polar surface area (TPSA) is 50.9 Å². The molecule has 0 aliphatic rings. The molecule has 0 amide bonds. The summed E-state index contributed by atoms with van der Waals surface area (Å²) in [6, 6.07) is 7.50. The largest absolute Gasteiger partial charge is 0.397 e. The lowest BCUT2D eigenvalue weighted by molar-refractivity contribution is 1.20. The summed E-state index contributed by atoms with van der Waals surface area (Å²) in [5, 5.41) is 3.93. The van der Waals surface area contributed by atoms with Gasteiger partial charge in [-0.1, -0.05) is 11.6 Å². The standard InChI is InChI=1S/C13H13BrClN3/c1-7-5-9(14)12(6-10(7)15)18-13-4-3-11(16)8(2)17-13/h3-6H,16H2,1-2H3,(H,17,18). The molecule has 2 aromatic rings. The van der Waals surface area contributed by atoms with Crippen molar-refractivity contribution in [2.24, 2.45) is 0 Å². The van der Waals surface area contributed by atoms with Crippen molar-refractivity contribution in [2.75, 3.05) is 11.1 Å². The molecule has 0 unspecified atom stereocenters. The minimum Gasteiger partial charge on any atom is -0.397 e. The fourth-order valence-corrected chi connectivity index (χ4v) is 2.24. The van der Waals surface area contributed by atoms with Gasteiger partial charge in [-0.2, -0.15) is 0 Å². The third-order valence-electron chi connectivity index (χ3n) is 2.64. The molecule has 0 aliphatic heterocycles. The van der Waals surface area contributed by atoms with Gasteiger partial charge in [-0.05, 0) is 59.6 Å². The van der Waals surface area contributed by atoms with Crippen LogP contribution in [0, 0.1) is 13.8 Å². The summed E-state index contributed by atoms with van der Waals surface area (Å²) in [4.78, 5) is 4.36. The van der Waals surface area contributed by atoms with E-state index in [2.05, 4.69) is 26.2 Å². The van der Waals surface area contributed by atoms with Gasteiger partial charge in [0.2, 0.25) is 0 Å². The highest BCUT2D eigenvalue weighted by molar-refractivity contribution is 9.10. The quantitative estimate of drug-likeness (QED) is 0.857. The lowest BCUT2D eigenvalue weighted by Crippen LogP contribution is -1.99. The van der Waals surface area contributed by atoms with E-state index in [1.165, 1.54) is 0 Å². The fourth-order valence-electron chi connectivity index (χ4n) is 1.52. The molecule has 0 saturated carbocycles. The van der Waals surface area contributed by atoms with E-state index in [-0.39, 0.29) is 0 Å². The van der Waals surface area contributed by atoms with Gasteiger partial charge in [0.1, 0.15) is 5.82 Å². The number of aryl methyl sites for hydroxylation is 2. The van der Waals surface area contributed by atoms with Crippen LogP contribution in [0.2, 0.25) is 5.02 Å². The molecular weight excluding hydrogens is 314 g/mol. The summed E-state index contributed by atoms with van der Waals surface area (Å²) in [6.45, 7) is 3.83. The van der Waals surface area contributed by atoms with Crippen LogP contribution in [-0.4, -0.2) is 4.98 Å². The van der Waals surface area contributed by atoms with Gasteiger partial charge in [0.05, 0.1) is 17.1 Å². The summed E-state index contributed by atoms with van der Waals surface area (Å²) in [6.07, 6.45) is 0. The van der Waals surface area contributed by atoms with E-state index in [0.717, 1.165) is 27.2 Å². The average Bonchev–Trinajstić information content (AvgIpc) is 2.31. The second-order valence-electron chi connectivity index (χ2n) is 4.08. The molecular formula is C13H13BrClN3. The van der Waals surface area contributed by atoms with Crippen LogP contribution in [0.4, 0.5) is 17.2 Å². The predicted molar refractivity (Wildman–Crippen MR) is 80.6 cm³/mol. The third-order valence-corrected chi connectivity index (χ3v) is 3.70. The summed E-state index contributed by atoms with van der Waals surface area (Å²) < 4.78 is 0.945. The van der Waals surface area contributed by atoms with Gasteiger partial charge in [-0.15, -0.1) is 0 Å². The van der Waals surface area contributed by atoms with E-state index in [1.807, 2.05) is 38.1 Å². The van der Waals surface area contributed by atoms with Crippen LogP contribution < -0.4 is 11.1 Å². The van der Waals surface area contributed by atoms with Crippen molar-refractivity contribution < 1.29 is 0 Å². The molecule has 0 saturated heterocycles. The predicted octanol–water partition coefficient (Wildman–Crippen LogP) is 4.44. The molecule has 0 fully saturated rings. The first-order valence-corrected chi connectivity index (χ1v) is 6.60. The number of pyridine rings is 1. The minimum absolute atomic E-state index is 0.682. The Morgan fingerprint density at radius 1 is 1.28 bits per heavy atom. The fraction of sp³-hybridized carbons (Fsp3) is 0.154. The van der Waals surface area contributed by atoms with E-state index in [9.17, 15) is 0 Å². The maximum atomic E-state index is 6.11. The molecule has 1 aromatic carbocycles. The Kier molecular flexibility index (Phi) is 3.78. The van der Waals surface area contributed by atoms with E-state index in [1.54, 1.807) is 0 Å². The maximum Gasteiger partial charge on any atom is 0.130 e. The van der Waals surface area contributed by atoms with Gasteiger partial charge in [-0.25, -0.2) is 4.98 Å². The number of nitrogens with zero attached hydrogens (tertiary/aromatic N) is 1. The molecule has 0 spiro atoms. The molecule has 0 bridgehead atoms. The van der Waals surface area contributed by atoms with Crippen LogP contribution >= 0.6 is 27.5 Å². The summed E-state index contributed by atoms with van der Waals surface area (Å²) >= 11 is 9.61. The lowest BCUT2D eigenvalue weighted by Gasteiger charge is -2.11. The molecule has 5 heteroatoms. The van der Waals surface area contributed by atoms with Crippen LogP contribution in [-0.2, 0) is 0 Å². The zero-order chi connectivity index (χ0) is 13.3. The van der Waals surface area contributed by atoms with Crippen LogP contribution in [0.15, 0.2) is 28.7 Å². The van der Waals surface area contributed by atoms with Crippen molar-refractivity contribution in [3.63, 3.8) is 0 Å². The molecule has 0 aliphatic carbocycles. The Bertz CT molecular complexity index is 599. The van der Waals surface area contributed by atoms with E-state index in [4.69, 9.17) is 17.3 Å². The van der Waals surface area contributed by atoms with Crippen LogP contribution in [0.25, 0.3) is 0 Å². The molecule has 0 atom stereocenters. The molecule has 1 aromatic heterocycles. The zero-order valence-corrected chi connectivity index (χ0v) is 12.4. The van der Waals surface area contributed by atoms with Crippen molar-refractivity contribution in [1.29, 1.82) is 0 Å². The van der Waals surface area contributed by atoms with Crippen molar-refractivity contribution in [2.45, 2.75) is 13.8 Å². The first-order chi connectivity index (χ1) is 8.47. The van der Waals surface area contributed by atoms with Gasteiger partial charge in [0, 0.05) is 9.50 Å². The second kappa shape index (κ2) is 5.16. The average molecular weight is 327 g/mol. The van der Waals surface area contributed by atoms with Gasteiger partial charge < -0.3 is 11.1 Å². The van der Waals surface area contributed by atoms with E-state index < -0.39 is 0 Å². The highest BCUT2D eigenvalue weighted by Crippen LogP contribution is 2.31. The Labute approximate surface area is 119 Å². The number of nitrogens with two attached hydrogens (primary N) is 1. The molecule has 3 N–H and O–H groups in total. The van der Waals surface area contributed by atoms with Gasteiger partial charge >= 0.3 is 0 Å². The van der Waals surface area contributed by atoms with E-state index in [0.29, 0.717) is 10.7 Å². The number of nitrogens with one attached hydrogen (secondary N) is 1. The molecule has 1 heterocycles. The van der Waals surface area contributed by atoms with Crippen LogP contribution in [0.5, 0.6) is 0 Å². The van der Waals surface area contributed by atoms with Crippen LogP contribution in [0.3, 0.4) is 0 Å². The lowest BCUT2D eigenvalue weighted by atomic mass is 10.2. The van der Waals surface area contributed by atoms with Crippen molar-refractivity contribution in [3.05, 3.63) is 45.0 Å². The number of aromatic nitrogens is 1. The van der Waals surface area contributed by atoms with Crippen molar-refractivity contribution in [3.8, 4) is 0 Å². The van der Waals surface area contributed by atoms with Crippen molar-refractivity contribution >= 4 is 44.7 Å². The normalized spacial score (nSPS) is 10.4. The number of hydrogen-bond donors (Lipinski definition) is 2. The molecule has 2 rings (SSSR count). The smallest absolute Gasteiger partial charge is 0.130 e. The highest BCUT2D eigenvalue weighted by atomic mass is 79.9. The van der Waals surface area contributed by atoms with E-state index >= 15 is 0 Å².